The van der Waals surface area contributed by atoms with Gasteiger partial charge in [0.1, 0.15) is 5.76 Å². The predicted octanol–water partition coefficient (Wildman–Crippen LogP) is 2.47. The number of fused-ring (bicyclic) bond motifs is 2. The first-order chi connectivity index (χ1) is 10.2. The third-order valence-electron chi connectivity index (χ3n) is 4.71. The Kier molecular flexibility index (Phi) is 4.31. The van der Waals surface area contributed by atoms with Gasteiger partial charge in [0.05, 0.1) is 6.54 Å². The summed E-state index contributed by atoms with van der Waals surface area (Å²) in [4.78, 5) is 13.4. The Bertz CT molecular complexity index is 487. The van der Waals surface area contributed by atoms with Gasteiger partial charge < -0.3 is 14.8 Å². The molecule has 21 heavy (non-hydrogen) atoms. The number of carboxylic acid groups (broad SMARTS) is 1. The first-order valence-corrected chi connectivity index (χ1v) is 7.97. The van der Waals surface area contributed by atoms with Crippen LogP contribution < -0.4 is 5.32 Å². The highest BCUT2D eigenvalue weighted by Crippen LogP contribution is 2.30. The van der Waals surface area contributed by atoms with Crippen LogP contribution >= 0.6 is 0 Å². The van der Waals surface area contributed by atoms with E-state index in [0.717, 1.165) is 18.7 Å². The maximum Gasteiger partial charge on any atom is 0.371 e. The fourth-order valence-electron chi connectivity index (χ4n) is 3.78. The van der Waals surface area contributed by atoms with Crippen molar-refractivity contribution in [2.45, 2.75) is 63.7 Å². The summed E-state index contributed by atoms with van der Waals surface area (Å²) in [7, 11) is 0. The molecule has 0 radical (unpaired) electrons. The Hall–Kier alpha value is -1.33. The standard InChI is InChI=1S/C16H24N2O3/c1-2-7-18(10-14-5-6-15(21-14)16(19)20)13-8-11-3-4-12(9-13)17-11/h5-6,11-13,17H,2-4,7-10H2,1H3,(H,19,20). The van der Waals surface area contributed by atoms with Crippen LogP contribution in [0.4, 0.5) is 0 Å². The highest BCUT2D eigenvalue weighted by atomic mass is 16.4. The molecule has 2 atom stereocenters. The van der Waals surface area contributed by atoms with E-state index in [9.17, 15) is 4.79 Å². The van der Waals surface area contributed by atoms with Gasteiger partial charge in [0, 0.05) is 18.1 Å². The Morgan fingerprint density at radius 2 is 2.10 bits per heavy atom. The zero-order chi connectivity index (χ0) is 14.8. The lowest BCUT2D eigenvalue weighted by atomic mass is 9.98. The van der Waals surface area contributed by atoms with Gasteiger partial charge in [-0.2, -0.15) is 0 Å². The first kappa shape index (κ1) is 14.6. The Morgan fingerprint density at radius 1 is 1.38 bits per heavy atom. The molecule has 116 valence electrons. The topological polar surface area (TPSA) is 65.7 Å². The molecule has 2 unspecified atom stereocenters. The number of aromatic carboxylic acids is 1. The zero-order valence-electron chi connectivity index (χ0n) is 12.5. The summed E-state index contributed by atoms with van der Waals surface area (Å²) in [5.41, 5.74) is 0. The third kappa shape index (κ3) is 3.30. The van der Waals surface area contributed by atoms with Crippen molar-refractivity contribution in [3.63, 3.8) is 0 Å². The number of piperidine rings is 1. The van der Waals surface area contributed by atoms with Crippen LogP contribution in [0.5, 0.6) is 0 Å². The van der Waals surface area contributed by atoms with Crippen molar-refractivity contribution in [2.75, 3.05) is 6.54 Å². The van der Waals surface area contributed by atoms with E-state index in [1.165, 1.54) is 25.7 Å². The highest BCUT2D eigenvalue weighted by Gasteiger charge is 2.36. The Balaban J connectivity index is 1.67. The summed E-state index contributed by atoms with van der Waals surface area (Å²) in [6.07, 6.45) is 6.09. The van der Waals surface area contributed by atoms with Gasteiger partial charge in [0.15, 0.2) is 0 Å². The molecule has 5 nitrogen and oxygen atoms in total. The first-order valence-electron chi connectivity index (χ1n) is 7.97. The van der Waals surface area contributed by atoms with Crippen LogP contribution in [0, 0.1) is 0 Å². The minimum absolute atomic E-state index is 0.0341. The number of carboxylic acids is 1. The second kappa shape index (κ2) is 6.20. The van der Waals surface area contributed by atoms with Gasteiger partial charge in [-0.1, -0.05) is 6.92 Å². The smallest absolute Gasteiger partial charge is 0.371 e. The van der Waals surface area contributed by atoms with Crippen LogP contribution in [0.15, 0.2) is 16.5 Å². The second-order valence-corrected chi connectivity index (χ2v) is 6.30. The number of hydrogen-bond donors (Lipinski definition) is 2. The number of carbonyl (C=O) groups is 1. The van der Waals surface area contributed by atoms with Crippen LogP contribution in [0.25, 0.3) is 0 Å². The normalized spacial score (nSPS) is 28.2. The van der Waals surface area contributed by atoms with E-state index >= 15 is 0 Å². The molecule has 2 N–H and O–H groups in total. The molecule has 2 aliphatic rings. The fourth-order valence-corrected chi connectivity index (χ4v) is 3.78. The Labute approximate surface area is 125 Å². The maximum absolute atomic E-state index is 10.9. The third-order valence-corrected chi connectivity index (χ3v) is 4.71. The molecule has 2 saturated heterocycles. The van der Waals surface area contributed by atoms with E-state index in [0.29, 0.717) is 24.7 Å². The molecule has 2 bridgehead atoms. The lowest BCUT2D eigenvalue weighted by molar-refractivity contribution is 0.0655. The van der Waals surface area contributed by atoms with Gasteiger partial charge >= 0.3 is 5.97 Å². The summed E-state index contributed by atoms with van der Waals surface area (Å²) >= 11 is 0. The van der Waals surface area contributed by atoms with E-state index < -0.39 is 5.97 Å². The molecule has 0 spiro atoms. The summed E-state index contributed by atoms with van der Waals surface area (Å²) in [6.45, 7) is 3.94. The molecular formula is C16H24N2O3. The van der Waals surface area contributed by atoms with Gasteiger partial charge in [-0.3, -0.25) is 4.90 Å². The van der Waals surface area contributed by atoms with Crippen LogP contribution in [0.3, 0.4) is 0 Å². The molecule has 5 heteroatoms. The maximum atomic E-state index is 10.9. The largest absolute Gasteiger partial charge is 0.475 e. The van der Waals surface area contributed by atoms with Crippen molar-refractivity contribution in [1.82, 2.24) is 10.2 Å². The molecule has 0 aliphatic carbocycles. The van der Waals surface area contributed by atoms with E-state index in [2.05, 4.69) is 17.1 Å². The fraction of sp³-hybridized carbons (Fsp3) is 0.688. The van der Waals surface area contributed by atoms with E-state index in [1.54, 1.807) is 12.1 Å². The molecule has 1 aromatic heterocycles. The molecule has 3 rings (SSSR count). The monoisotopic (exact) mass is 292 g/mol. The van der Waals surface area contributed by atoms with Gasteiger partial charge in [-0.15, -0.1) is 0 Å². The van der Waals surface area contributed by atoms with Crippen LogP contribution in [0.2, 0.25) is 0 Å². The molecule has 0 aromatic carbocycles. The molecular weight excluding hydrogens is 268 g/mol. The van der Waals surface area contributed by atoms with Crippen LogP contribution in [0.1, 0.15) is 55.3 Å². The van der Waals surface area contributed by atoms with Crippen molar-refractivity contribution >= 4 is 5.97 Å². The second-order valence-electron chi connectivity index (χ2n) is 6.30. The molecule has 0 amide bonds. The quantitative estimate of drug-likeness (QED) is 0.843. The van der Waals surface area contributed by atoms with Crippen molar-refractivity contribution < 1.29 is 14.3 Å². The number of nitrogens with zero attached hydrogens (tertiary/aromatic N) is 1. The average molecular weight is 292 g/mol. The molecule has 2 aliphatic heterocycles. The van der Waals surface area contributed by atoms with Gasteiger partial charge in [0.2, 0.25) is 5.76 Å². The van der Waals surface area contributed by atoms with Gasteiger partial charge in [-0.25, -0.2) is 4.79 Å². The number of nitrogens with one attached hydrogen (secondary N) is 1. The van der Waals surface area contributed by atoms with Crippen molar-refractivity contribution in [1.29, 1.82) is 0 Å². The molecule has 1 aromatic rings. The van der Waals surface area contributed by atoms with Crippen molar-refractivity contribution in [2.24, 2.45) is 0 Å². The molecule has 0 saturated carbocycles. The number of rotatable bonds is 6. The summed E-state index contributed by atoms with van der Waals surface area (Å²) < 4.78 is 5.43. The number of furan rings is 1. The van der Waals surface area contributed by atoms with Crippen molar-refractivity contribution in [3.8, 4) is 0 Å². The van der Waals surface area contributed by atoms with E-state index in [-0.39, 0.29) is 5.76 Å². The average Bonchev–Trinajstić information content (AvgIpc) is 3.05. The molecule has 2 fully saturated rings. The van der Waals surface area contributed by atoms with E-state index in [4.69, 9.17) is 9.52 Å². The highest BCUT2D eigenvalue weighted by molar-refractivity contribution is 5.84. The van der Waals surface area contributed by atoms with Gasteiger partial charge in [-0.05, 0) is 50.8 Å². The van der Waals surface area contributed by atoms with E-state index in [1.807, 2.05) is 0 Å². The SMILES string of the molecule is CCCN(Cc1ccc(C(=O)O)o1)C1CC2CCC(C1)N2. The van der Waals surface area contributed by atoms with Gasteiger partial charge in [0.25, 0.3) is 0 Å². The lowest BCUT2D eigenvalue weighted by Crippen LogP contribution is -2.48. The van der Waals surface area contributed by atoms with Crippen molar-refractivity contribution in [3.05, 3.63) is 23.7 Å². The lowest BCUT2D eigenvalue weighted by Gasteiger charge is -2.37. The minimum atomic E-state index is -0.997. The van der Waals surface area contributed by atoms with Crippen LogP contribution in [-0.4, -0.2) is 40.6 Å². The summed E-state index contributed by atoms with van der Waals surface area (Å²) in [6, 6.07) is 5.26. The number of hydrogen-bond acceptors (Lipinski definition) is 4. The molecule has 3 heterocycles. The van der Waals surface area contributed by atoms with Crippen LogP contribution in [-0.2, 0) is 6.54 Å². The minimum Gasteiger partial charge on any atom is -0.475 e. The Morgan fingerprint density at radius 3 is 2.67 bits per heavy atom. The zero-order valence-corrected chi connectivity index (χ0v) is 12.5. The summed E-state index contributed by atoms with van der Waals surface area (Å²) in [5, 5.41) is 12.6. The predicted molar refractivity (Wildman–Crippen MR) is 79.3 cm³/mol. The summed E-state index contributed by atoms with van der Waals surface area (Å²) in [5.74, 6) is -0.207.